The van der Waals surface area contributed by atoms with Crippen molar-refractivity contribution in [1.82, 2.24) is 19.9 Å². The van der Waals surface area contributed by atoms with Gasteiger partial charge in [-0.2, -0.15) is 0 Å². The van der Waals surface area contributed by atoms with Gasteiger partial charge in [0.15, 0.2) is 5.69 Å². The summed E-state index contributed by atoms with van der Waals surface area (Å²) in [6, 6.07) is 0. The predicted molar refractivity (Wildman–Crippen MR) is 65.2 cm³/mol. The molecule has 3 N–H and O–H groups in total. The number of carboxylic acid groups (broad SMARTS) is 1. The van der Waals surface area contributed by atoms with Crippen molar-refractivity contribution in [3.05, 3.63) is 11.4 Å². The number of nitrogens with zero attached hydrogens (tertiary/aromatic N) is 4. The number of piperidine rings is 1. The highest BCUT2D eigenvalue weighted by atomic mass is 16.4. The van der Waals surface area contributed by atoms with E-state index in [-0.39, 0.29) is 12.2 Å². The van der Waals surface area contributed by atoms with Crippen molar-refractivity contribution >= 4 is 5.97 Å². The average molecular weight is 253 g/mol. The van der Waals surface area contributed by atoms with Crippen LogP contribution in [-0.4, -0.2) is 50.6 Å². The highest BCUT2D eigenvalue weighted by molar-refractivity contribution is 5.86. The first-order chi connectivity index (χ1) is 8.72. The lowest BCUT2D eigenvalue weighted by Gasteiger charge is -2.26. The van der Waals surface area contributed by atoms with Crippen molar-refractivity contribution in [3.63, 3.8) is 0 Å². The summed E-state index contributed by atoms with van der Waals surface area (Å²) in [7, 11) is 0. The molecule has 0 amide bonds. The monoisotopic (exact) mass is 253 g/mol. The van der Waals surface area contributed by atoms with Gasteiger partial charge in [-0.05, 0) is 25.9 Å². The van der Waals surface area contributed by atoms with E-state index in [9.17, 15) is 4.79 Å². The molecule has 1 aromatic heterocycles. The van der Waals surface area contributed by atoms with Gasteiger partial charge in [-0.15, -0.1) is 5.10 Å². The van der Waals surface area contributed by atoms with Gasteiger partial charge in [-0.3, -0.25) is 0 Å². The first-order valence-electron chi connectivity index (χ1n) is 6.30. The number of aromatic carboxylic acids is 1. The van der Waals surface area contributed by atoms with Gasteiger partial charge in [0.05, 0.1) is 12.2 Å². The van der Waals surface area contributed by atoms with E-state index in [0.717, 1.165) is 19.6 Å². The van der Waals surface area contributed by atoms with Crippen molar-refractivity contribution in [2.45, 2.75) is 32.4 Å². The number of aromatic nitrogens is 3. The van der Waals surface area contributed by atoms with Crippen LogP contribution in [0.2, 0.25) is 0 Å². The minimum absolute atomic E-state index is 0.0313. The zero-order chi connectivity index (χ0) is 13.0. The third-order valence-corrected chi connectivity index (χ3v) is 3.31. The minimum Gasteiger partial charge on any atom is -0.476 e. The van der Waals surface area contributed by atoms with Crippen molar-refractivity contribution in [1.29, 1.82) is 0 Å². The molecule has 2 heterocycles. The third kappa shape index (κ3) is 2.85. The fourth-order valence-electron chi connectivity index (χ4n) is 2.30. The molecular weight excluding hydrogens is 234 g/mol. The van der Waals surface area contributed by atoms with E-state index < -0.39 is 5.97 Å². The van der Waals surface area contributed by atoms with E-state index in [2.05, 4.69) is 15.2 Å². The zero-order valence-corrected chi connectivity index (χ0v) is 10.4. The number of rotatable bonds is 5. The Hall–Kier alpha value is -1.47. The minimum atomic E-state index is -1.07. The van der Waals surface area contributed by atoms with Crippen LogP contribution in [0.3, 0.4) is 0 Å². The van der Waals surface area contributed by atoms with E-state index in [0.29, 0.717) is 12.2 Å². The van der Waals surface area contributed by atoms with Crippen LogP contribution in [0, 0.1) is 0 Å². The Bertz CT molecular complexity index is 412. The van der Waals surface area contributed by atoms with Crippen molar-refractivity contribution in [3.8, 4) is 0 Å². The number of likely N-dealkylation sites (tertiary alicyclic amines) is 1. The van der Waals surface area contributed by atoms with Crippen LogP contribution in [0.15, 0.2) is 0 Å². The summed E-state index contributed by atoms with van der Waals surface area (Å²) in [4.78, 5) is 13.3. The summed E-state index contributed by atoms with van der Waals surface area (Å²) in [5.74, 6) is -1.07. The molecule has 0 radical (unpaired) electrons. The molecule has 1 aliphatic rings. The molecule has 18 heavy (non-hydrogen) atoms. The van der Waals surface area contributed by atoms with Gasteiger partial charge < -0.3 is 15.7 Å². The molecular formula is C11H19N5O2. The number of hydrogen-bond donors (Lipinski definition) is 2. The van der Waals surface area contributed by atoms with Crippen LogP contribution in [-0.2, 0) is 13.1 Å². The SMILES string of the molecule is NCc1c(C(=O)O)nnn1CCN1CCCCC1. The molecule has 1 aromatic rings. The normalized spacial score (nSPS) is 16.9. The Kier molecular flexibility index (Phi) is 4.27. The number of nitrogens with two attached hydrogens (primary N) is 1. The highest BCUT2D eigenvalue weighted by Gasteiger charge is 2.18. The molecule has 0 bridgehead atoms. The molecule has 2 rings (SSSR count). The van der Waals surface area contributed by atoms with Gasteiger partial charge in [0.2, 0.25) is 0 Å². The summed E-state index contributed by atoms with van der Waals surface area (Å²) < 4.78 is 1.61. The third-order valence-electron chi connectivity index (χ3n) is 3.31. The molecule has 0 saturated carbocycles. The van der Waals surface area contributed by atoms with E-state index in [4.69, 9.17) is 10.8 Å². The van der Waals surface area contributed by atoms with Crippen LogP contribution in [0.5, 0.6) is 0 Å². The maximum Gasteiger partial charge on any atom is 0.358 e. The summed E-state index contributed by atoms with van der Waals surface area (Å²) in [5.41, 5.74) is 6.03. The first-order valence-corrected chi connectivity index (χ1v) is 6.30. The fraction of sp³-hybridized carbons (Fsp3) is 0.727. The lowest BCUT2D eigenvalue weighted by atomic mass is 10.1. The van der Waals surface area contributed by atoms with Crippen molar-refractivity contribution in [2.24, 2.45) is 5.73 Å². The Labute approximate surface area is 106 Å². The van der Waals surface area contributed by atoms with Crippen molar-refractivity contribution < 1.29 is 9.90 Å². The van der Waals surface area contributed by atoms with Gasteiger partial charge in [0.1, 0.15) is 0 Å². The lowest BCUT2D eigenvalue weighted by molar-refractivity contribution is 0.0689. The number of hydrogen-bond acceptors (Lipinski definition) is 5. The van der Waals surface area contributed by atoms with E-state index in [1.165, 1.54) is 19.3 Å². The first kappa shape index (κ1) is 13.0. The van der Waals surface area contributed by atoms with Gasteiger partial charge in [-0.25, -0.2) is 9.48 Å². The van der Waals surface area contributed by atoms with Crippen LogP contribution in [0.25, 0.3) is 0 Å². The van der Waals surface area contributed by atoms with Gasteiger partial charge >= 0.3 is 5.97 Å². The summed E-state index contributed by atoms with van der Waals surface area (Å²) in [6.07, 6.45) is 3.78. The smallest absolute Gasteiger partial charge is 0.358 e. The summed E-state index contributed by atoms with van der Waals surface area (Å²) in [5, 5.41) is 16.5. The second kappa shape index (κ2) is 5.92. The van der Waals surface area contributed by atoms with Gasteiger partial charge in [-0.1, -0.05) is 11.6 Å². The number of carboxylic acids is 1. The lowest BCUT2D eigenvalue weighted by Crippen LogP contribution is -2.33. The molecule has 0 spiro atoms. The second-order valence-corrected chi connectivity index (χ2v) is 4.52. The molecule has 100 valence electrons. The Balaban J connectivity index is 1.98. The van der Waals surface area contributed by atoms with Gasteiger partial charge in [0, 0.05) is 13.1 Å². The highest BCUT2D eigenvalue weighted by Crippen LogP contribution is 2.09. The van der Waals surface area contributed by atoms with Crippen molar-refractivity contribution in [2.75, 3.05) is 19.6 Å². The Morgan fingerprint density at radius 3 is 2.61 bits per heavy atom. The molecule has 1 aliphatic heterocycles. The van der Waals surface area contributed by atoms with E-state index in [1.807, 2.05) is 0 Å². The molecule has 0 aromatic carbocycles. The molecule has 7 heteroatoms. The fourth-order valence-corrected chi connectivity index (χ4v) is 2.30. The standard InChI is InChI=1S/C11H19N5O2/c12-8-9-10(11(17)18)13-14-16(9)7-6-15-4-2-1-3-5-15/h1-8,12H2,(H,17,18). The average Bonchev–Trinajstić information content (AvgIpc) is 2.80. The topological polar surface area (TPSA) is 97.3 Å². The van der Waals surface area contributed by atoms with Crippen LogP contribution >= 0.6 is 0 Å². The molecule has 0 atom stereocenters. The number of carbonyl (C=O) groups is 1. The maximum absolute atomic E-state index is 10.9. The van der Waals surface area contributed by atoms with Gasteiger partial charge in [0.25, 0.3) is 0 Å². The molecule has 0 unspecified atom stereocenters. The maximum atomic E-state index is 10.9. The Morgan fingerprint density at radius 2 is 2.00 bits per heavy atom. The van der Waals surface area contributed by atoms with Crippen LogP contribution in [0.4, 0.5) is 0 Å². The molecule has 0 aliphatic carbocycles. The van der Waals surface area contributed by atoms with Crippen LogP contribution in [0.1, 0.15) is 35.4 Å². The summed E-state index contributed by atoms with van der Waals surface area (Å²) >= 11 is 0. The zero-order valence-electron chi connectivity index (χ0n) is 10.4. The molecule has 7 nitrogen and oxygen atoms in total. The molecule has 1 saturated heterocycles. The second-order valence-electron chi connectivity index (χ2n) is 4.52. The van der Waals surface area contributed by atoms with E-state index >= 15 is 0 Å². The van der Waals surface area contributed by atoms with Crippen LogP contribution < -0.4 is 5.73 Å². The molecule has 1 fully saturated rings. The summed E-state index contributed by atoms with van der Waals surface area (Å²) in [6.45, 7) is 3.88. The Morgan fingerprint density at radius 1 is 1.28 bits per heavy atom. The quantitative estimate of drug-likeness (QED) is 0.762. The predicted octanol–water partition coefficient (Wildman–Crippen LogP) is -0.0791. The largest absolute Gasteiger partial charge is 0.476 e. The van der Waals surface area contributed by atoms with E-state index in [1.54, 1.807) is 4.68 Å².